The van der Waals surface area contributed by atoms with Gasteiger partial charge in [-0.1, -0.05) is 25.1 Å². The van der Waals surface area contributed by atoms with Gasteiger partial charge in [0.05, 0.1) is 11.6 Å². The first-order chi connectivity index (χ1) is 12.5. The molecule has 4 heteroatoms. The minimum absolute atomic E-state index is 0.0103. The quantitative estimate of drug-likeness (QED) is 0.806. The van der Waals surface area contributed by atoms with Crippen LogP contribution in [-0.4, -0.2) is 34.8 Å². The second kappa shape index (κ2) is 6.90. The highest BCUT2D eigenvalue weighted by molar-refractivity contribution is 5.96. The number of halogens is 1. The van der Waals surface area contributed by atoms with Crippen LogP contribution in [0.3, 0.4) is 0 Å². The zero-order valence-electron chi connectivity index (χ0n) is 15.6. The monoisotopic (exact) mass is 354 g/mol. The molecule has 0 N–H and O–H groups in total. The number of nitrogens with zero attached hydrogens (tertiary/aromatic N) is 2. The van der Waals surface area contributed by atoms with E-state index in [9.17, 15) is 9.18 Å². The van der Waals surface area contributed by atoms with Crippen LogP contribution in [0.1, 0.15) is 49.8 Å². The molecule has 2 fully saturated rings. The average molecular weight is 354 g/mol. The highest BCUT2D eigenvalue weighted by Crippen LogP contribution is 2.39. The number of benzene rings is 1. The van der Waals surface area contributed by atoms with Crippen LogP contribution in [0, 0.1) is 18.7 Å². The molecular weight excluding hydrogens is 327 g/mol. The fourth-order valence-corrected chi connectivity index (χ4v) is 4.01. The SMILES string of the molecule is Cc1c(F)cccc1C1C=CC(C(=O)N2CCC(C)CC2)=CN1C1CC1. The summed E-state index contributed by atoms with van der Waals surface area (Å²) >= 11 is 0. The van der Waals surface area contributed by atoms with Crippen molar-refractivity contribution < 1.29 is 9.18 Å². The van der Waals surface area contributed by atoms with E-state index in [-0.39, 0.29) is 17.8 Å². The van der Waals surface area contributed by atoms with E-state index in [0.717, 1.165) is 49.9 Å². The zero-order chi connectivity index (χ0) is 18.3. The number of carbonyl (C=O) groups excluding carboxylic acids is 1. The Bertz CT molecular complexity index is 757. The topological polar surface area (TPSA) is 23.6 Å². The highest BCUT2D eigenvalue weighted by Gasteiger charge is 2.35. The van der Waals surface area contributed by atoms with Crippen LogP contribution in [0.5, 0.6) is 0 Å². The third-order valence-electron chi connectivity index (χ3n) is 5.98. The Hall–Kier alpha value is -2.10. The summed E-state index contributed by atoms with van der Waals surface area (Å²) in [5.74, 6) is 0.673. The Morgan fingerprint density at radius 2 is 1.88 bits per heavy atom. The van der Waals surface area contributed by atoms with Crippen molar-refractivity contribution in [2.45, 2.75) is 51.6 Å². The van der Waals surface area contributed by atoms with Crippen molar-refractivity contribution >= 4 is 5.91 Å². The van der Waals surface area contributed by atoms with E-state index in [0.29, 0.717) is 17.5 Å². The van der Waals surface area contributed by atoms with E-state index >= 15 is 0 Å². The van der Waals surface area contributed by atoms with Crippen molar-refractivity contribution in [2.24, 2.45) is 5.92 Å². The van der Waals surface area contributed by atoms with Crippen LogP contribution < -0.4 is 0 Å². The molecule has 1 atom stereocenters. The van der Waals surface area contributed by atoms with Gasteiger partial charge in [0.1, 0.15) is 5.82 Å². The molecule has 3 nitrogen and oxygen atoms in total. The lowest BCUT2D eigenvalue weighted by Crippen LogP contribution is -2.39. The molecule has 1 aliphatic carbocycles. The third-order valence-corrected chi connectivity index (χ3v) is 5.98. The molecule has 1 unspecified atom stereocenters. The lowest BCUT2D eigenvalue weighted by Gasteiger charge is -2.35. The summed E-state index contributed by atoms with van der Waals surface area (Å²) in [5, 5.41) is 0. The second-order valence-electron chi connectivity index (χ2n) is 8.00. The molecule has 0 bridgehead atoms. The van der Waals surface area contributed by atoms with Crippen LogP contribution in [0.25, 0.3) is 0 Å². The molecule has 1 amide bonds. The van der Waals surface area contributed by atoms with Gasteiger partial charge < -0.3 is 9.80 Å². The summed E-state index contributed by atoms with van der Waals surface area (Å²) in [6.45, 7) is 5.79. The zero-order valence-corrected chi connectivity index (χ0v) is 15.6. The van der Waals surface area contributed by atoms with Gasteiger partial charge in [-0.15, -0.1) is 0 Å². The number of rotatable bonds is 3. The third kappa shape index (κ3) is 3.29. The van der Waals surface area contributed by atoms with Crippen molar-refractivity contribution in [3.8, 4) is 0 Å². The van der Waals surface area contributed by atoms with Crippen molar-refractivity contribution in [2.75, 3.05) is 13.1 Å². The maximum atomic E-state index is 14.0. The normalized spacial score (nSPS) is 24.0. The molecule has 0 aromatic heterocycles. The standard InChI is InChI=1S/C22H27FN2O/c1-15-10-12-24(13-11-15)22(26)17-6-9-21(25(14-17)18-7-8-18)19-4-3-5-20(23)16(19)2/h3-6,9,14-15,18,21H,7-8,10-13H2,1-2H3. The van der Waals surface area contributed by atoms with Gasteiger partial charge >= 0.3 is 0 Å². The average Bonchev–Trinajstić information content (AvgIpc) is 3.49. The van der Waals surface area contributed by atoms with Crippen molar-refractivity contribution in [3.05, 3.63) is 59.1 Å². The van der Waals surface area contributed by atoms with Gasteiger partial charge in [0, 0.05) is 25.3 Å². The molecule has 0 spiro atoms. The number of hydrogen-bond acceptors (Lipinski definition) is 2. The van der Waals surface area contributed by atoms with Gasteiger partial charge in [-0.05, 0) is 61.8 Å². The molecule has 2 heterocycles. The van der Waals surface area contributed by atoms with E-state index in [1.807, 2.05) is 30.2 Å². The molecule has 1 aromatic carbocycles. The van der Waals surface area contributed by atoms with E-state index < -0.39 is 0 Å². The summed E-state index contributed by atoms with van der Waals surface area (Å²) in [6, 6.07) is 5.74. The molecule has 26 heavy (non-hydrogen) atoms. The number of hydrogen-bond donors (Lipinski definition) is 0. The molecular formula is C22H27FN2O. The summed E-state index contributed by atoms with van der Waals surface area (Å²) < 4.78 is 14.0. The van der Waals surface area contributed by atoms with Gasteiger partial charge in [-0.2, -0.15) is 0 Å². The summed E-state index contributed by atoms with van der Waals surface area (Å²) in [5.41, 5.74) is 2.44. The van der Waals surface area contributed by atoms with E-state index in [1.165, 1.54) is 6.07 Å². The first kappa shape index (κ1) is 17.3. The number of amides is 1. The summed E-state index contributed by atoms with van der Waals surface area (Å²) in [7, 11) is 0. The molecule has 1 saturated carbocycles. The van der Waals surface area contributed by atoms with Crippen LogP contribution in [0.4, 0.5) is 4.39 Å². The lowest BCUT2D eigenvalue weighted by atomic mass is 9.95. The Balaban J connectivity index is 1.58. The molecule has 138 valence electrons. The van der Waals surface area contributed by atoms with Crippen LogP contribution in [0.2, 0.25) is 0 Å². The van der Waals surface area contributed by atoms with Gasteiger partial charge in [0.2, 0.25) is 0 Å². The molecule has 4 rings (SSSR count). The Labute approximate surface area is 155 Å². The summed E-state index contributed by atoms with van der Waals surface area (Å²) in [4.78, 5) is 17.2. The van der Waals surface area contributed by atoms with Crippen LogP contribution in [-0.2, 0) is 4.79 Å². The van der Waals surface area contributed by atoms with Crippen molar-refractivity contribution in [1.82, 2.24) is 9.80 Å². The smallest absolute Gasteiger partial charge is 0.255 e. The Morgan fingerprint density at radius 3 is 2.58 bits per heavy atom. The van der Waals surface area contributed by atoms with E-state index in [2.05, 4.69) is 17.9 Å². The van der Waals surface area contributed by atoms with Crippen LogP contribution in [0.15, 0.2) is 42.1 Å². The van der Waals surface area contributed by atoms with Gasteiger partial charge in [-0.3, -0.25) is 4.79 Å². The number of likely N-dealkylation sites (tertiary alicyclic amines) is 1. The predicted molar refractivity (Wildman–Crippen MR) is 101 cm³/mol. The fourth-order valence-electron chi connectivity index (χ4n) is 4.01. The predicted octanol–water partition coefficient (Wildman–Crippen LogP) is 4.35. The number of piperidine rings is 1. The van der Waals surface area contributed by atoms with Gasteiger partial charge in [0.25, 0.3) is 5.91 Å². The van der Waals surface area contributed by atoms with Crippen molar-refractivity contribution in [1.29, 1.82) is 0 Å². The van der Waals surface area contributed by atoms with Crippen LogP contribution >= 0.6 is 0 Å². The molecule has 0 radical (unpaired) electrons. The maximum absolute atomic E-state index is 14.0. The number of carbonyl (C=O) groups is 1. The second-order valence-corrected chi connectivity index (χ2v) is 8.00. The largest absolute Gasteiger partial charge is 0.363 e. The van der Waals surface area contributed by atoms with E-state index in [4.69, 9.17) is 0 Å². The molecule has 2 aliphatic heterocycles. The first-order valence-corrected chi connectivity index (χ1v) is 9.76. The maximum Gasteiger partial charge on any atom is 0.255 e. The van der Waals surface area contributed by atoms with E-state index in [1.54, 1.807) is 6.07 Å². The lowest BCUT2D eigenvalue weighted by molar-refractivity contribution is -0.128. The first-order valence-electron chi connectivity index (χ1n) is 9.76. The molecule has 1 aromatic rings. The highest BCUT2D eigenvalue weighted by atomic mass is 19.1. The summed E-state index contributed by atoms with van der Waals surface area (Å²) in [6.07, 6.45) is 10.5. The molecule has 1 saturated heterocycles. The Morgan fingerprint density at radius 1 is 1.15 bits per heavy atom. The molecule has 3 aliphatic rings. The minimum Gasteiger partial charge on any atom is -0.363 e. The Kier molecular flexibility index (Phi) is 4.60. The van der Waals surface area contributed by atoms with Crippen molar-refractivity contribution in [3.63, 3.8) is 0 Å². The van der Waals surface area contributed by atoms with Gasteiger partial charge in [0.15, 0.2) is 0 Å². The van der Waals surface area contributed by atoms with Gasteiger partial charge in [-0.25, -0.2) is 4.39 Å². The minimum atomic E-state index is -0.167. The fraction of sp³-hybridized carbons (Fsp3) is 0.500.